The number of nitrogens with two attached hydrogens (primary N) is 1. The fraction of sp³-hybridized carbons (Fsp3) is 0.750. The summed E-state index contributed by atoms with van der Waals surface area (Å²) in [5.74, 6) is -0.280. The number of aliphatic carboxylic acids is 1. The van der Waals surface area contributed by atoms with E-state index >= 15 is 0 Å². The van der Waals surface area contributed by atoms with Gasteiger partial charge in [0.1, 0.15) is 0 Å². The molecule has 0 amide bonds. The molecule has 0 spiro atoms. The van der Waals surface area contributed by atoms with Crippen molar-refractivity contribution in [2.45, 2.75) is 10.5 Å². The van der Waals surface area contributed by atoms with E-state index in [0.717, 1.165) is 0 Å². The van der Waals surface area contributed by atoms with Crippen molar-refractivity contribution in [1.82, 2.24) is 0 Å². The summed E-state index contributed by atoms with van der Waals surface area (Å²) in [6.07, 6.45) is 0. The first-order chi connectivity index (χ1) is 4.18. The summed E-state index contributed by atoms with van der Waals surface area (Å²) in [6.45, 7) is 0. The number of hydrogen-bond acceptors (Lipinski definition) is 3. The first-order valence-corrected chi connectivity index (χ1v) is 16.1. The van der Waals surface area contributed by atoms with Gasteiger partial charge in [-0.25, -0.2) is 0 Å². The van der Waals surface area contributed by atoms with Gasteiger partial charge in [-0.2, -0.15) is 0 Å². The molecular formula is C4H9HgNO2S. The van der Waals surface area contributed by atoms with Crippen molar-refractivity contribution in [3.8, 4) is 0 Å². The van der Waals surface area contributed by atoms with Crippen LogP contribution in [0.3, 0.4) is 0 Å². The van der Waals surface area contributed by atoms with Crippen molar-refractivity contribution in [2.24, 2.45) is 5.73 Å². The third-order valence-corrected chi connectivity index (χ3v) is 9.33. The first kappa shape index (κ1) is 9.72. The summed E-state index contributed by atoms with van der Waals surface area (Å²) in [6, 6.07) is -0.644. The zero-order valence-corrected chi connectivity index (χ0v) is 11.6. The molecule has 0 fully saturated rings. The second-order valence-electron chi connectivity index (χ2n) is 1.60. The molecular weight excluding hydrogens is 327 g/mol. The predicted octanol–water partition coefficient (Wildman–Crippen LogP) is 0.177. The number of rotatable bonds is 4. The van der Waals surface area contributed by atoms with Gasteiger partial charge < -0.3 is 0 Å². The molecule has 0 unspecified atom stereocenters. The molecule has 0 heterocycles. The third kappa shape index (κ3) is 5.17. The number of hydrogen-bond donors (Lipinski definition) is 2. The van der Waals surface area contributed by atoms with Crippen LogP contribution in [0.5, 0.6) is 0 Å². The second-order valence-corrected chi connectivity index (χ2v) is 14.4. The van der Waals surface area contributed by atoms with Gasteiger partial charge in [0.05, 0.1) is 0 Å². The zero-order chi connectivity index (χ0) is 7.28. The minimum absolute atomic E-state index is 0.605. The van der Waals surface area contributed by atoms with Crippen LogP contribution in [0.1, 0.15) is 0 Å². The summed E-state index contributed by atoms with van der Waals surface area (Å²) in [5, 5.41) is 8.29. The zero-order valence-electron chi connectivity index (χ0n) is 5.33. The van der Waals surface area contributed by atoms with Gasteiger partial charge in [0.25, 0.3) is 0 Å². The normalized spacial score (nSPS) is 12.2. The van der Waals surface area contributed by atoms with E-state index in [1.54, 1.807) is 8.24 Å². The molecule has 0 aliphatic rings. The van der Waals surface area contributed by atoms with Crippen molar-refractivity contribution in [2.75, 3.05) is 5.75 Å². The van der Waals surface area contributed by atoms with Crippen LogP contribution in [0.4, 0.5) is 0 Å². The van der Waals surface area contributed by atoms with Gasteiger partial charge in [0.2, 0.25) is 0 Å². The first-order valence-electron chi connectivity index (χ1n) is 2.74. The fourth-order valence-electron chi connectivity index (χ4n) is 0.316. The molecule has 50 valence electrons. The Kier molecular flexibility index (Phi) is 5.93. The minimum atomic E-state index is -0.885. The standard InChI is InChI=1S/C3H7NO2S.CH3.Hg/c4-2(1-7)3(5)6;;/h2,7H,1,4H2,(H,5,6);1H3;/q;;+1/p-1/t2-;;/m1../s1. The van der Waals surface area contributed by atoms with Crippen molar-refractivity contribution in [3.05, 3.63) is 0 Å². The molecule has 0 aromatic carbocycles. The molecule has 3 nitrogen and oxygen atoms in total. The van der Waals surface area contributed by atoms with E-state index in [1.807, 2.05) is 0 Å². The van der Waals surface area contributed by atoms with Crippen LogP contribution in [-0.2, 0) is 27.9 Å². The topological polar surface area (TPSA) is 63.3 Å². The molecule has 0 aromatic rings. The van der Waals surface area contributed by atoms with Gasteiger partial charge in [0, 0.05) is 0 Å². The van der Waals surface area contributed by atoms with Crippen molar-refractivity contribution in [3.63, 3.8) is 0 Å². The van der Waals surface area contributed by atoms with Crippen LogP contribution in [-0.4, -0.2) is 22.9 Å². The Balaban J connectivity index is 3.27. The number of carboxylic acid groups (broad SMARTS) is 1. The van der Waals surface area contributed by atoms with Gasteiger partial charge in [-0.15, -0.1) is 0 Å². The van der Waals surface area contributed by atoms with E-state index in [9.17, 15) is 4.79 Å². The summed E-state index contributed by atoms with van der Waals surface area (Å²) >= 11 is -0.691. The van der Waals surface area contributed by atoms with Crippen LogP contribution in [0, 0.1) is 0 Å². The van der Waals surface area contributed by atoms with Crippen molar-refractivity contribution < 1.29 is 33.0 Å². The molecule has 9 heavy (non-hydrogen) atoms. The maximum absolute atomic E-state index is 10.1. The Morgan fingerprint density at radius 3 is 2.89 bits per heavy atom. The van der Waals surface area contributed by atoms with Gasteiger partial charge in [-0.3, -0.25) is 0 Å². The fourth-order valence-corrected chi connectivity index (χ4v) is 6.66. The quantitative estimate of drug-likeness (QED) is 0.719. The monoisotopic (exact) mass is 337 g/mol. The molecule has 0 aliphatic carbocycles. The molecule has 3 N–H and O–H groups in total. The molecule has 0 rings (SSSR count). The summed E-state index contributed by atoms with van der Waals surface area (Å²) in [7, 11) is 1.76. The van der Waals surface area contributed by atoms with Crippen LogP contribution in [0.2, 0.25) is 4.43 Å². The summed E-state index contributed by atoms with van der Waals surface area (Å²) < 4.78 is 2.19. The van der Waals surface area contributed by atoms with Gasteiger partial charge in [-0.1, -0.05) is 0 Å². The van der Waals surface area contributed by atoms with E-state index < -0.39 is 35.1 Å². The molecule has 0 radical (unpaired) electrons. The van der Waals surface area contributed by atoms with Crippen LogP contribution in [0.25, 0.3) is 0 Å². The van der Waals surface area contributed by atoms with E-state index in [4.69, 9.17) is 10.8 Å². The van der Waals surface area contributed by atoms with E-state index in [1.165, 1.54) is 0 Å². The molecule has 0 aromatic heterocycles. The number of carbonyl (C=O) groups is 1. The van der Waals surface area contributed by atoms with Crippen LogP contribution in [0.15, 0.2) is 0 Å². The average molecular weight is 336 g/mol. The SMILES string of the molecule is [CH3][Hg][S]C[C@@H](N)C(=O)O. The Morgan fingerprint density at radius 2 is 2.56 bits per heavy atom. The average Bonchev–Trinajstić information content (AvgIpc) is 1.82. The number of carboxylic acids is 1. The van der Waals surface area contributed by atoms with E-state index in [2.05, 4.69) is 4.43 Å². The van der Waals surface area contributed by atoms with Crippen molar-refractivity contribution in [1.29, 1.82) is 0 Å². The van der Waals surface area contributed by atoms with E-state index in [-0.39, 0.29) is 0 Å². The maximum atomic E-state index is 10.1. The second kappa shape index (κ2) is 5.50. The Labute approximate surface area is 68.9 Å². The molecule has 1 atom stereocenters. The third-order valence-electron chi connectivity index (χ3n) is 0.819. The van der Waals surface area contributed by atoms with E-state index in [0.29, 0.717) is 5.75 Å². The molecule has 5 heteroatoms. The van der Waals surface area contributed by atoms with Gasteiger partial charge >= 0.3 is 69.1 Å². The van der Waals surface area contributed by atoms with Crippen molar-refractivity contribution >= 4 is 14.2 Å². The van der Waals surface area contributed by atoms with Crippen LogP contribution < -0.4 is 5.73 Å². The Bertz CT molecular complexity index is 101. The molecule has 0 saturated carbocycles. The van der Waals surface area contributed by atoms with Gasteiger partial charge in [0.15, 0.2) is 0 Å². The van der Waals surface area contributed by atoms with Crippen LogP contribution >= 0.6 is 8.24 Å². The summed E-state index contributed by atoms with van der Waals surface area (Å²) in [5.41, 5.74) is 5.22. The Hall–Kier alpha value is 0.715. The molecule has 0 aliphatic heterocycles. The molecule has 0 bridgehead atoms. The predicted molar refractivity (Wildman–Crippen MR) is 33.9 cm³/mol. The Morgan fingerprint density at radius 1 is 2.00 bits per heavy atom. The molecule has 0 saturated heterocycles. The summed E-state index contributed by atoms with van der Waals surface area (Å²) in [4.78, 5) is 10.1. The van der Waals surface area contributed by atoms with Gasteiger partial charge in [-0.05, 0) is 0 Å².